The Bertz CT molecular complexity index is 619. The molecule has 0 radical (unpaired) electrons. The Kier molecular flexibility index (Phi) is 4.43. The summed E-state index contributed by atoms with van der Waals surface area (Å²) in [6.07, 6.45) is 5.89. The Morgan fingerprint density at radius 3 is 2.79 bits per heavy atom. The lowest BCUT2D eigenvalue weighted by Gasteiger charge is -2.05. The summed E-state index contributed by atoms with van der Waals surface area (Å²) >= 11 is 0. The van der Waals surface area contributed by atoms with Crippen LogP contribution in [-0.4, -0.2) is 16.5 Å². The third-order valence-electron chi connectivity index (χ3n) is 2.21. The highest BCUT2D eigenvalue weighted by Gasteiger charge is 1.99. The zero-order valence-electron chi connectivity index (χ0n) is 10.1. The number of hydrogen-bond donors (Lipinski definition) is 1. The van der Waals surface area contributed by atoms with Gasteiger partial charge in [0.15, 0.2) is 0 Å². The summed E-state index contributed by atoms with van der Waals surface area (Å²) in [4.78, 5) is 7.76. The zero-order valence-corrected chi connectivity index (χ0v) is 10.1. The quantitative estimate of drug-likeness (QED) is 0.847. The molecule has 2 rings (SSSR count). The standard InChI is InChI=1S/C14H12FN3O/c15-13-4-12(7-17-8-13)10-19-14-5-11(2-1-3-16)6-18-9-14/h4-9H,3,10,16H2. The Balaban J connectivity index is 2.03. The van der Waals surface area contributed by atoms with Gasteiger partial charge in [-0.05, 0) is 12.1 Å². The van der Waals surface area contributed by atoms with Crippen molar-refractivity contribution in [1.82, 2.24) is 9.97 Å². The highest BCUT2D eigenvalue weighted by molar-refractivity contribution is 5.36. The van der Waals surface area contributed by atoms with E-state index >= 15 is 0 Å². The lowest BCUT2D eigenvalue weighted by Crippen LogP contribution is -1.98. The predicted molar refractivity (Wildman–Crippen MR) is 68.7 cm³/mol. The van der Waals surface area contributed by atoms with Crippen molar-refractivity contribution in [2.45, 2.75) is 6.61 Å². The van der Waals surface area contributed by atoms with Gasteiger partial charge in [0, 0.05) is 23.5 Å². The minimum Gasteiger partial charge on any atom is -0.487 e. The summed E-state index contributed by atoms with van der Waals surface area (Å²) in [7, 11) is 0. The summed E-state index contributed by atoms with van der Waals surface area (Å²) in [6.45, 7) is 0.514. The molecule has 0 aliphatic rings. The highest BCUT2D eigenvalue weighted by atomic mass is 19.1. The first-order valence-electron chi connectivity index (χ1n) is 5.64. The van der Waals surface area contributed by atoms with Crippen LogP contribution in [-0.2, 0) is 6.61 Å². The van der Waals surface area contributed by atoms with Crippen LogP contribution >= 0.6 is 0 Å². The fourth-order valence-corrected chi connectivity index (χ4v) is 1.42. The van der Waals surface area contributed by atoms with Crippen LogP contribution in [0, 0.1) is 17.7 Å². The van der Waals surface area contributed by atoms with Gasteiger partial charge in [0.1, 0.15) is 18.2 Å². The van der Waals surface area contributed by atoms with E-state index in [1.54, 1.807) is 24.7 Å². The molecule has 5 heteroatoms. The summed E-state index contributed by atoms with van der Waals surface area (Å²) in [5.74, 6) is 5.77. The Morgan fingerprint density at radius 1 is 1.16 bits per heavy atom. The fourth-order valence-electron chi connectivity index (χ4n) is 1.42. The average Bonchev–Trinajstić information content (AvgIpc) is 2.43. The van der Waals surface area contributed by atoms with Gasteiger partial charge >= 0.3 is 0 Å². The maximum Gasteiger partial charge on any atom is 0.141 e. The molecule has 0 aliphatic carbocycles. The molecule has 0 aliphatic heterocycles. The Hall–Kier alpha value is -2.45. The maximum absolute atomic E-state index is 12.9. The van der Waals surface area contributed by atoms with Gasteiger partial charge in [0.25, 0.3) is 0 Å². The fraction of sp³-hybridized carbons (Fsp3) is 0.143. The third kappa shape index (κ3) is 4.05. The molecule has 96 valence electrons. The zero-order chi connectivity index (χ0) is 13.5. The van der Waals surface area contributed by atoms with Gasteiger partial charge < -0.3 is 10.5 Å². The molecule has 0 atom stereocenters. The van der Waals surface area contributed by atoms with E-state index in [0.29, 0.717) is 17.9 Å². The van der Waals surface area contributed by atoms with Crippen molar-refractivity contribution >= 4 is 0 Å². The van der Waals surface area contributed by atoms with Gasteiger partial charge in [0.05, 0.1) is 18.9 Å². The highest BCUT2D eigenvalue weighted by Crippen LogP contribution is 2.13. The number of hydrogen-bond acceptors (Lipinski definition) is 4. The molecule has 0 aromatic carbocycles. The van der Waals surface area contributed by atoms with Crippen LogP contribution in [0.25, 0.3) is 0 Å². The minimum atomic E-state index is -0.387. The van der Waals surface area contributed by atoms with Crippen molar-refractivity contribution in [1.29, 1.82) is 0 Å². The van der Waals surface area contributed by atoms with E-state index in [-0.39, 0.29) is 12.4 Å². The minimum absolute atomic E-state index is 0.222. The number of rotatable bonds is 3. The van der Waals surface area contributed by atoms with Crippen molar-refractivity contribution in [3.05, 3.63) is 53.9 Å². The molecule has 2 aromatic heterocycles. The molecule has 0 fully saturated rings. The second-order valence-electron chi connectivity index (χ2n) is 3.72. The molecule has 0 unspecified atom stereocenters. The smallest absolute Gasteiger partial charge is 0.141 e. The average molecular weight is 257 g/mol. The van der Waals surface area contributed by atoms with Crippen LogP contribution in [0.4, 0.5) is 4.39 Å². The maximum atomic E-state index is 12.9. The lowest BCUT2D eigenvalue weighted by molar-refractivity contribution is 0.303. The summed E-state index contributed by atoms with van der Waals surface area (Å²) in [5.41, 5.74) is 6.67. The lowest BCUT2D eigenvalue weighted by atomic mass is 10.2. The summed E-state index contributed by atoms with van der Waals surface area (Å²) < 4.78 is 18.4. The number of nitrogens with two attached hydrogens (primary N) is 1. The van der Waals surface area contributed by atoms with E-state index in [1.165, 1.54) is 6.07 Å². The first-order chi connectivity index (χ1) is 9.28. The molecule has 4 nitrogen and oxygen atoms in total. The van der Waals surface area contributed by atoms with Crippen molar-refractivity contribution in [3.63, 3.8) is 0 Å². The first kappa shape index (κ1) is 13.0. The van der Waals surface area contributed by atoms with E-state index in [9.17, 15) is 4.39 Å². The second-order valence-corrected chi connectivity index (χ2v) is 3.72. The normalized spacial score (nSPS) is 9.58. The monoisotopic (exact) mass is 257 g/mol. The van der Waals surface area contributed by atoms with Gasteiger partial charge in [-0.25, -0.2) is 4.39 Å². The molecule has 0 amide bonds. The van der Waals surface area contributed by atoms with Crippen LogP contribution in [0.1, 0.15) is 11.1 Å². The SMILES string of the molecule is NCC#Cc1cncc(OCc2cncc(F)c2)c1. The number of ether oxygens (including phenoxy) is 1. The van der Waals surface area contributed by atoms with Crippen LogP contribution in [0.5, 0.6) is 5.75 Å². The van der Waals surface area contributed by atoms with Gasteiger partial charge in [-0.15, -0.1) is 0 Å². The van der Waals surface area contributed by atoms with E-state index in [2.05, 4.69) is 21.8 Å². The molecular formula is C14H12FN3O. The van der Waals surface area contributed by atoms with Gasteiger partial charge in [-0.3, -0.25) is 9.97 Å². The van der Waals surface area contributed by atoms with Crippen molar-refractivity contribution < 1.29 is 9.13 Å². The van der Waals surface area contributed by atoms with Gasteiger partial charge in [0.2, 0.25) is 0 Å². The molecule has 19 heavy (non-hydrogen) atoms. The molecule has 0 bridgehead atoms. The molecule has 0 saturated carbocycles. The van der Waals surface area contributed by atoms with Crippen molar-refractivity contribution in [2.75, 3.05) is 6.54 Å². The van der Waals surface area contributed by atoms with Crippen LogP contribution < -0.4 is 10.5 Å². The summed E-state index contributed by atoms with van der Waals surface area (Å²) in [5, 5.41) is 0. The van der Waals surface area contributed by atoms with Crippen LogP contribution in [0.3, 0.4) is 0 Å². The third-order valence-corrected chi connectivity index (χ3v) is 2.21. The van der Waals surface area contributed by atoms with Crippen molar-refractivity contribution in [3.8, 4) is 17.6 Å². The Labute approximate surface area is 110 Å². The van der Waals surface area contributed by atoms with Crippen LogP contribution in [0.15, 0.2) is 36.9 Å². The number of pyridine rings is 2. The number of aromatic nitrogens is 2. The molecule has 2 aromatic rings. The summed E-state index contributed by atoms with van der Waals surface area (Å²) in [6, 6.07) is 3.13. The number of halogens is 1. The molecular weight excluding hydrogens is 245 g/mol. The molecule has 2 heterocycles. The van der Waals surface area contributed by atoms with E-state index in [1.807, 2.05) is 0 Å². The number of nitrogens with zero attached hydrogens (tertiary/aromatic N) is 2. The second kappa shape index (κ2) is 6.47. The predicted octanol–water partition coefficient (Wildman–Crippen LogP) is 1.50. The molecule has 0 spiro atoms. The molecule has 2 N–H and O–H groups in total. The van der Waals surface area contributed by atoms with Crippen LogP contribution in [0.2, 0.25) is 0 Å². The molecule has 0 saturated heterocycles. The van der Waals surface area contributed by atoms with E-state index in [0.717, 1.165) is 11.8 Å². The van der Waals surface area contributed by atoms with E-state index < -0.39 is 0 Å². The topological polar surface area (TPSA) is 61.0 Å². The van der Waals surface area contributed by atoms with E-state index in [4.69, 9.17) is 10.5 Å². The van der Waals surface area contributed by atoms with Gasteiger partial charge in [-0.2, -0.15) is 0 Å². The Morgan fingerprint density at radius 2 is 2.00 bits per heavy atom. The van der Waals surface area contributed by atoms with Gasteiger partial charge in [-0.1, -0.05) is 11.8 Å². The largest absolute Gasteiger partial charge is 0.487 e. The first-order valence-corrected chi connectivity index (χ1v) is 5.64. The van der Waals surface area contributed by atoms with Crippen molar-refractivity contribution in [2.24, 2.45) is 5.73 Å².